The van der Waals surface area contributed by atoms with Gasteiger partial charge in [0.05, 0.1) is 16.8 Å². The quantitative estimate of drug-likeness (QED) is 0.447. The molecule has 0 spiro atoms. The molecule has 0 unspecified atom stereocenters. The van der Waals surface area contributed by atoms with Crippen LogP contribution < -0.4 is 4.74 Å². The fraction of sp³-hybridized carbons (Fsp3) is 0.385. The molecule has 0 bridgehead atoms. The lowest BCUT2D eigenvalue weighted by atomic mass is 9.84. The van der Waals surface area contributed by atoms with E-state index in [1.807, 2.05) is 19.9 Å². The Labute approximate surface area is 184 Å². The van der Waals surface area contributed by atoms with Crippen molar-refractivity contribution < 1.29 is 18.8 Å². The Bertz CT molecular complexity index is 1050. The van der Waals surface area contributed by atoms with E-state index in [0.717, 1.165) is 33.7 Å². The molecule has 3 rings (SSSR count). The summed E-state index contributed by atoms with van der Waals surface area (Å²) < 4.78 is 16.6. The number of carbonyl (C=O) groups excluding carboxylic acids is 1. The van der Waals surface area contributed by atoms with E-state index < -0.39 is 0 Å². The van der Waals surface area contributed by atoms with Crippen LogP contribution in [0.25, 0.3) is 0 Å². The third kappa shape index (κ3) is 5.35. The molecule has 0 amide bonds. The minimum atomic E-state index is -0.374. The van der Waals surface area contributed by atoms with Gasteiger partial charge in [-0.2, -0.15) is 0 Å². The summed E-state index contributed by atoms with van der Waals surface area (Å²) in [4.78, 5) is 12.7. The maximum atomic E-state index is 12.7. The topological polar surface area (TPSA) is 61.6 Å². The number of ether oxygens (including phenoxy) is 2. The highest BCUT2D eigenvalue weighted by atomic mass is 16.5. The molecule has 0 radical (unpaired) electrons. The molecule has 0 aliphatic rings. The lowest BCUT2D eigenvalue weighted by Gasteiger charge is -2.22. The summed E-state index contributed by atoms with van der Waals surface area (Å²) in [6.45, 7) is 15.0. The number of hydrogen-bond donors (Lipinski definition) is 0. The molecule has 0 aliphatic heterocycles. The van der Waals surface area contributed by atoms with Crippen LogP contribution in [0.4, 0.5) is 0 Å². The zero-order valence-electron chi connectivity index (χ0n) is 19.5. The van der Waals surface area contributed by atoms with Gasteiger partial charge in [0.25, 0.3) is 0 Å². The summed E-state index contributed by atoms with van der Waals surface area (Å²) in [5, 5.41) is 3.93. The molecule has 1 heterocycles. The van der Waals surface area contributed by atoms with Crippen molar-refractivity contribution in [3.63, 3.8) is 0 Å². The number of carbonyl (C=O) groups is 1. The molecule has 5 heteroatoms. The molecule has 1 aromatic heterocycles. The van der Waals surface area contributed by atoms with E-state index in [0.29, 0.717) is 17.9 Å². The Hall–Kier alpha value is -3.08. The van der Waals surface area contributed by atoms with E-state index in [2.05, 4.69) is 51.9 Å². The van der Waals surface area contributed by atoms with Crippen LogP contribution in [0.2, 0.25) is 0 Å². The number of esters is 1. The normalized spacial score (nSPS) is 11.5. The fourth-order valence-electron chi connectivity index (χ4n) is 3.45. The molecule has 164 valence electrons. The van der Waals surface area contributed by atoms with Crippen LogP contribution in [-0.2, 0) is 23.4 Å². The van der Waals surface area contributed by atoms with Crippen molar-refractivity contribution in [3.05, 3.63) is 81.2 Å². The molecule has 3 aromatic rings. The van der Waals surface area contributed by atoms with Gasteiger partial charge < -0.3 is 14.0 Å². The molecule has 31 heavy (non-hydrogen) atoms. The van der Waals surface area contributed by atoms with Gasteiger partial charge in [-0.1, -0.05) is 44.1 Å². The molecule has 0 fully saturated rings. The number of rotatable bonds is 6. The van der Waals surface area contributed by atoms with Gasteiger partial charge in [-0.15, -0.1) is 0 Å². The van der Waals surface area contributed by atoms with Crippen LogP contribution in [0, 0.1) is 27.7 Å². The van der Waals surface area contributed by atoms with E-state index in [9.17, 15) is 4.79 Å². The number of hydrogen-bond acceptors (Lipinski definition) is 5. The summed E-state index contributed by atoms with van der Waals surface area (Å²) in [5.74, 6) is 0.953. The van der Waals surface area contributed by atoms with E-state index in [1.165, 1.54) is 5.56 Å². The van der Waals surface area contributed by atoms with Gasteiger partial charge in [0.2, 0.25) is 0 Å². The zero-order chi connectivity index (χ0) is 22.8. The van der Waals surface area contributed by atoms with Crippen LogP contribution >= 0.6 is 0 Å². The Balaban J connectivity index is 1.67. The van der Waals surface area contributed by atoms with Gasteiger partial charge in [0, 0.05) is 0 Å². The average Bonchev–Trinajstić information content (AvgIpc) is 3.02. The number of nitrogens with zero attached hydrogens (tertiary/aromatic N) is 1. The molecule has 5 nitrogen and oxygen atoms in total. The number of benzene rings is 2. The minimum absolute atomic E-state index is 0.0781. The van der Waals surface area contributed by atoms with Crippen LogP contribution in [0.5, 0.6) is 5.75 Å². The van der Waals surface area contributed by atoms with E-state index in [1.54, 1.807) is 18.2 Å². The SMILES string of the molecule is Cc1cc(C(C)(C)C)cc(C)c1COC(=O)c1cccc(OCc2c(C)noc2C)c1. The second-order valence-electron chi connectivity index (χ2n) is 9.03. The monoisotopic (exact) mass is 421 g/mol. The molecule has 2 aromatic carbocycles. The highest BCUT2D eigenvalue weighted by Crippen LogP contribution is 2.27. The van der Waals surface area contributed by atoms with Crippen LogP contribution in [-0.4, -0.2) is 11.1 Å². The predicted octanol–water partition coefficient (Wildman–Crippen LogP) is 6.14. The second kappa shape index (κ2) is 8.96. The number of aryl methyl sites for hydroxylation is 4. The molecule has 0 saturated heterocycles. The van der Waals surface area contributed by atoms with Crippen molar-refractivity contribution >= 4 is 5.97 Å². The van der Waals surface area contributed by atoms with Gasteiger partial charge in [-0.05, 0) is 73.6 Å². The molecule has 0 N–H and O–H groups in total. The first-order valence-corrected chi connectivity index (χ1v) is 10.5. The van der Waals surface area contributed by atoms with E-state index >= 15 is 0 Å². The predicted molar refractivity (Wildman–Crippen MR) is 120 cm³/mol. The van der Waals surface area contributed by atoms with Crippen molar-refractivity contribution in [2.45, 2.75) is 67.1 Å². The van der Waals surface area contributed by atoms with Crippen LogP contribution in [0.1, 0.15) is 70.4 Å². The number of aromatic nitrogens is 1. The lowest BCUT2D eigenvalue weighted by molar-refractivity contribution is 0.0471. The summed E-state index contributed by atoms with van der Waals surface area (Å²) in [5.41, 5.74) is 6.85. The molecular formula is C26H31NO4. The summed E-state index contributed by atoms with van der Waals surface area (Å²) in [6, 6.07) is 11.4. The van der Waals surface area contributed by atoms with Crippen LogP contribution in [0.3, 0.4) is 0 Å². The maximum Gasteiger partial charge on any atom is 0.338 e. The molecule has 0 aliphatic carbocycles. The van der Waals surface area contributed by atoms with Crippen molar-refractivity contribution in [1.82, 2.24) is 5.16 Å². The van der Waals surface area contributed by atoms with Gasteiger partial charge in [-0.25, -0.2) is 4.79 Å². The van der Waals surface area contributed by atoms with Crippen molar-refractivity contribution in [2.24, 2.45) is 0 Å². The highest BCUT2D eigenvalue weighted by molar-refractivity contribution is 5.89. The molecule has 0 saturated carbocycles. The third-order valence-corrected chi connectivity index (χ3v) is 5.54. The Morgan fingerprint density at radius 2 is 1.65 bits per heavy atom. The molecule has 0 atom stereocenters. The smallest absolute Gasteiger partial charge is 0.338 e. The van der Waals surface area contributed by atoms with Crippen molar-refractivity contribution in [3.8, 4) is 5.75 Å². The summed E-state index contributed by atoms with van der Waals surface area (Å²) >= 11 is 0. The summed E-state index contributed by atoms with van der Waals surface area (Å²) in [6.07, 6.45) is 0. The maximum absolute atomic E-state index is 12.7. The van der Waals surface area contributed by atoms with Crippen LogP contribution in [0.15, 0.2) is 40.9 Å². The Kier molecular flexibility index (Phi) is 6.54. The first kappa shape index (κ1) is 22.6. The largest absolute Gasteiger partial charge is 0.489 e. The highest BCUT2D eigenvalue weighted by Gasteiger charge is 2.17. The second-order valence-corrected chi connectivity index (χ2v) is 9.03. The minimum Gasteiger partial charge on any atom is -0.489 e. The summed E-state index contributed by atoms with van der Waals surface area (Å²) in [7, 11) is 0. The zero-order valence-corrected chi connectivity index (χ0v) is 19.5. The van der Waals surface area contributed by atoms with Crippen molar-refractivity contribution in [1.29, 1.82) is 0 Å². The first-order valence-electron chi connectivity index (χ1n) is 10.5. The fourth-order valence-corrected chi connectivity index (χ4v) is 3.45. The third-order valence-electron chi connectivity index (χ3n) is 5.54. The Morgan fingerprint density at radius 3 is 2.23 bits per heavy atom. The first-order chi connectivity index (χ1) is 14.6. The van der Waals surface area contributed by atoms with Gasteiger partial charge >= 0.3 is 5.97 Å². The van der Waals surface area contributed by atoms with E-state index in [4.69, 9.17) is 14.0 Å². The van der Waals surface area contributed by atoms with E-state index in [-0.39, 0.29) is 18.0 Å². The standard InChI is InChI=1S/C26H31NO4/c1-16-11-21(26(5,6)7)12-17(2)23(16)14-30-25(28)20-9-8-10-22(13-20)29-15-24-18(3)27-31-19(24)4/h8-13H,14-15H2,1-7H3. The van der Waals surface area contributed by atoms with Gasteiger partial charge in [-0.3, -0.25) is 0 Å². The lowest BCUT2D eigenvalue weighted by Crippen LogP contribution is -2.13. The van der Waals surface area contributed by atoms with Crippen molar-refractivity contribution in [2.75, 3.05) is 0 Å². The van der Waals surface area contributed by atoms with Gasteiger partial charge in [0.15, 0.2) is 0 Å². The van der Waals surface area contributed by atoms with Gasteiger partial charge in [0.1, 0.15) is 24.7 Å². The average molecular weight is 422 g/mol. The Morgan fingerprint density at radius 1 is 0.968 bits per heavy atom. The molecular weight excluding hydrogens is 390 g/mol.